The Balaban J connectivity index is 0.00000196. The van der Waals surface area contributed by atoms with Gasteiger partial charge < -0.3 is 0 Å². The van der Waals surface area contributed by atoms with Crippen molar-refractivity contribution in [3.8, 4) is 0 Å². The van der Waals surface area contributed by atoms with Gasteiger partial charge in [-0.3, -0.25) is 14.7 Å². The van der Waals surface area contributed by atoms with Gasteiger partial charge >= 0.3 is 0 Å². The fourth-order valence-corrected chi connectivity index (χ4v) is 1.53. The van der Waals surface area contributed by atoms with Crippen LogP contribution in [0.4, 0.5) is 5.69 Å². The van der Waals surface area contributed by atoms with E-state index < -0.39 is 25.6 Å². The molecule has 78 valence electrons. The number of rotatable bonds is 2. The maximum atomic E-state index is 10.6. The summed E-state index contributed by atoms with van der Waals surface area (Å²) in [6.45, 7) is 0. The van der Waals surface area contributed by atoms with Gasteiger partial charge in [-0.15, -0.1) is 12.6 Å². The zero-order chi connectivity index (χ0) is 10.9. The van der Waals surface area contributed by atoms with Gasteiger partial charge in [-0.2, -0.15) is 8.42 Å². The Labute approximate surface area is 104 Å². The van der Waals surface area contributed by atoms with Crippen molar-refractivity contribution in [1.82, 2.24) is 0 Å². The van der Waals surface area contributed by atoms with Crippen LogP contribution in [-0.4, -0.2) is 17.9 Å². The molecule has 0 unspecified atom stereocenters. The van der Waals surface area contributed by atoms with Crippen molar-refractivity contribution < 1.29 is 37.4 Å². The first-order valence-corrected chi connectivity index (χ1v) is 5.16. The largest absolute Gasteiger partial charge is 0.294 e. The molecule has 0 aliphatic rings. The van der Waals surface area contributed by atoms with E-state index in [-0.39, 0.29) is 24.4 Å². The van der Waals surface area contributed by atoms with Gasteiger partial charge in [0.05, 0.1) is 9.82 Å². The Morgan fingerprint density at radius 3 is 2.33 bits per heavy atom. The molecule has 0 radical (unpaired) electrons. The molecular weight excluding hydrogens is 296 g/mol. The molecule has 1 rings (SSSR count). The van der Waals surface area contributed by atoms with Gasteiger partial charge in [0, 0.05) is 25.5 Å². The van der Waals surface area contributed by atoms with Crippen molar-refractivity contribution in [2.75, 3.05) is 0 Å². The molecule has 0 amide bonds. The van der Waals surface area contributed by atoms with Crippen LogP contribution < -0.4 is 0 Å². The zero-order valence-corrected chi connectivity index (χ0v) is 12.0. The fraction of sp³-hybridized carbons (Fsp3) is 0. The number of nitrogens with zero attached hydrogens (tertiary/aromatic N) is 1. The van der Waals surface area contributed by atoms with E-state index in [9.17, 15) is 18.5 Å². The van der Waals surface area contributed by atoms with Crippen LogP contribution in [0.3, 0.4) is 0 Å². The van der Waals surface area contributed by atoms with Gasteiger partial charge in [0.25, 0.3) is 15.8 Å². The average Bonchev–Trinajstić information content (AvgIpc) is 2.02. The topological polar surface area (TPSA) is 97.5 Å². The minimum Gasteiger partial charge on any atom is -0.282 e. The van der Waals surface area contributed by atoms with Crippen molar-refractivity contribution in [3.05, 3.63) is 28.3 Å². The molecule has 0 bridgehead atoms. The van der Waals surface area contributed by atoms with Crippen LogP contribution >= 0.6 is 12.6 Å². The van der Waals surface area contributed by atoms with Gasteiger partial charge in [0.1, 0.15) is 4.90 Å². The average molecular weight is 301 g/mol. The predicted molar refractivity (Wildman–Crippen MR) is 50.2 cm³/mol. The Morgan fingerprint density at radius 1 is 1.40 bits per heavy atom. The molecule has 0 heterocycles. The minimum absolute atomic E-state index is 0. The van der Waals surface area contributed by atoms with E-state index >= 15 is 0 Å². The zero-order valence-electron chi connectivity index (χ0n) is 7.32. The van der Waals surface area contributed by atoms with Gasteiger partial charge in [0.2, 0.25) is 0 Å². The smallest absolute Gasteiger partial charge is 0.282 e. The van der Waals surface area contributed by atoms with Crippen LogP contribution in [0.25, 0.3) is 0 Å². The Hall–Kier alpha value is -0.497. The van der Waals surface area contributed by atoms with Crippen molar-refractivity contribution >= 4 is 28.4 Å². The van der Waals surface area contributed by atoms with Crippen molar-refractivity contribution in [2.24, 2.45) is 0 Å². The first-order valence-electron chi connectivity index (χ1n) is 3.27. The molecule has 6 nitrogen and oxygen atoms in total. The SMILES string of the molecule is O=[N+]([O-])c1cc(S(=O)(=O)O)ccc1S.[Zn]. The summed E-state index contributed by atoms with van der Waals surface area (Å²) in [7, 11) is -4.41. The number of hydrogen-bond acceptors (Lipinski definition) is 5. The summed E-state index contributed by atoms with van der Waals surface area (Å²) in [5, 5.41) is 10.4. The van der Waals surface area contributed by atoms with Crippen LogP contribution in [0.1, 0.15) is 0 Å². The molecule has 0 saturated carbocycles. The molecule has 0 aliphatic carbocycles. The molecule has 1 aromatic carbocycles. The molecule has 0 atom stereocenters. The Morgan fingerprint density at radius 2 is 1.93 bits per heavy atom. The molecule has 0 spiro atoms. The third-order valence-electron chi connectivity index (χ3n) is 1.44. The molecule has 0 saturated heterocycles. The van der Waals surface area contributed by atoms with E-state index in [1.807, 2.05) is 0 Å². The number of nitro groups is 1. The molecule has 1 N–H and O–H groups in total. The summed E-state index contributed by atoms with van der Waals surface area (Å²) >= 11 is 3.76. The Bertz CT molecular complexity index is 486. The second-order valence-electron chi connectivity index (χ2n) is 2.38. The van der Waals surface area contributed by atoms with Crippen molar-refractivity contribution in [1.29, 1.82) is 0 Å². The molecule has 1 aromatic rings. The molecule has 15 heavy (non-hydrogen) atoms. The monoisotopic (exact) mass is 299 g/mol. The standard InChI is InChI=1S/C6H5NO5S2.Zn/c8-7(9)5-3-4(14(10,11)12)1-2-6(5)13;/h1-3,13H,(H,10,11,12);. The maximum absolute atomic E-state index is 10.6. The minimum atomic E-state index is -4.41. The van der Waals surface area contributed by atoms with Gasteiger partial charge in [-0.25, -0.2) is 0 Å². The second-order valence-corrected chi connectivity index (χ2v) is 4.29. The third kappa shape index (κ3) is 3.53. The van der Waals surface area contributed by atoms with E-state index in [1.54, 1.807) is 0 Å². The van der Waals surface area contributed by atoms with Gasteiger partial charge in [-0.05, 0) is 12.1 Å². The summed E-state index contributed by atoms with van der Waals surface area (Å²) in [5.74, 6) is 0. The van der Waals surface area contributed by atoms with Crippen molar-refractivity contribution in [2.45, 2.75) is 9.79 Å². The summed E-state index contributed by atoms with van der Waals surface area (Å²) in [5.41, 5.74) is -0.469. The van der Waals surface area contributed by atoms with Crippen LogP contribution in [0.5, 0.6) is 0 Å². The summed E-state index contributed by atoms with van der Waals surface area (Å²) in [6.07, 6.45) is 0. The molecule has 0 aromatic heterocycles. The summed E-state index contributed by atoms with van der Waals surface area (Å²) in [6, 6.07) is 2.91. The maximum Gasteiger partial charge on any atom is 0.294 e. The number of thiol groups is 1. The van der Waals surface area contributed by atoms with Crippen LogP contribution in [0.15, 0.2) is 28.0 Å². The third-order valence-corrected chi connectivity index (χ3v) is 2.67. The van der Waals surface area contributed by atoms with Gasteiger partial charge in [-0.1, -0.05) is 0 Å². The van der Waals surface area contributed by atoms with E-state index in [1.165, 1.54) is 0 Å². The number of hydrogen-bond donors (Lipinski definition) is 2. The molecular formula is C6H5NO5S2Zn. The van der Waals surface area contributed by atoms with Crippen LogP contribution in [0, 0.1) is 10.1 Å². The molecule has 0 aliphatic heterocycles. The van der Waals surface area contributed by atoms with E-state index in [4.69, 9.17) is 4.55 Å². The summed E-state index contributed by atoms with van der Waals surface area (Å²) < 4.78 is 29.9. The van der Waals surface area contributed by atoms with Crippen LogP contribution in [0.2, 0.25) is 0 Å². The van der Waals surface area contributed by atoms with Gasteiger partial charge in [0.15, 0.2) is 0 Å². The first-order chi connectivity index (χ1) is 6.32. The Kier molecular flexibility index (Phi) is 4.86. The quantitative estimate of drug-likeness (QED) is 0.280. The normalized spacial score (nSPS) is 10.5. The van der Waals surface area contributed by atoms with E-state index in [0.29, 0.717) is 0 Å². The predicted octanol–water partition coefficient (Wildman–Crippen LogP) is 1.13. The first kappa shape index (κ1) is 14.5. The number of benzene rings is 1. The summed E-state index contributed by atoms with van der Waals surface area (Å²) in [4.78, 5) is 9.10. The van der Waals surface area contributed by atoms with Crippen LogP contribution in [-0.2, 0) is 29.6 Å². The fourth-order valence-electron chi connectivity index (χ4n) is 0.810. The number of nitro benzene ring substituents is 1. The molecule has 0 fully saturated rings. The second kappa shape index (κ2) is 5.02. The molecule has 9 heteroatoms. The van der Waals surface area contributed by atoms with E-state index in [0.717, 1.165) is 18.2 Å². The van der Waals surface area contributed by atoms with E-state index in [2.05, 4.69) is 12.6 Å². The van der Waals surface area contributed by atoms with Crippen molar-refractivity contribution in [3.63, 3.8) is 0 Å².